The van der Waals surface area contributed by atoms with Gasteiger partial charge in [0.05, 0.1) is 5.69 Å². The summed E-state index contributed by atoms with van der Waals surface area (Å²) in [5.41, 5.74) is -0.170. The number of nitrogens with zero attached hydrogens (tertiary/aromatic N) is 1. The Kier molecular flexibility index (Phi) is 4.13. The average Bonchev–Trinajstić information content (AvgIpc) is 2.66. The number of hydrogen-bond donors (Lipinski definition) is 3. The maximum Gasteiger partial charge on any atom is 0.347 e. The van der Waals surface area contributed by atoms with Crippen molar-refractivity contribution in [3.05, 3.63) is 91.5 Å². The number of benzene rings is 2. The van der Waals surface area contributed by atoms with Gasteiger partial charge in [-0.2, -0.15) is 4.98 Å². The van der Waals surface area contributed by atoms with Gasteiger partial charge in [0.25, 0.3) is 5.56 Å². The predicted octanol–water partition coefficient (Wildman–Crippen LogP) is 1.55. The fraction of sp³-hybridized carbons (Fsp3) is 0.0526. The second-order valence-electron chi connectivity index (χ2n) is 5.85. The molecule has 2 heterocycles. The molecule has 8 nitrogen and oxygen atoms in total. The summed E-state index contributed by atoms with van der Waals surface area (Å²) in [5, 5.41) is 0.104. The van der Waals surface area contributed by atoms with Crippen LogP contribution in [0.15, 0.2) is 69.0 Å². The lowest BCUT2D eigenvalue weighted by Gasteiger charge is -2.08. The van der Waals surface area contributed by atoms with Gasteiger partial charge in [-0.25, -0.2) is 9.59 Å². The predicted molar refractivity (Wildman–Crippen MR) is 99.8 cm³/mol. The molecule has 2 aromatic heterocycles. The first-order valence-electron chi connectivity index (χ1n) is 8.14. The van der Waals surface area contributed by atoms with Crippen molar-refractivity contribution in [1.29, 1.82) is 0 Å². The Morgan fingerprint density at radius 2 is 1.59 bits per heavy atom. The maximum absolute atomic E-state index is 12.2. The molecule has 0 saturated carbocycles. The van der Waals surface area contributed by atoms with Gasteiger partial charge in [-0.05, 0) is 35.4 Å². The third-order valence-corrected chi connectivity index (χ3v) is 4.01. The first-order chi connectivity index (χ1) is 13.1. The molecule has 3 N–H and O–H groups in total. The van der Waals surface area contributed by atoms with Crippen LogP contribution in [0.25, 0.3) is 22.3 Å². The van der Waals surface area contributed by atoms with Crippen molar-refractivity contribution in [1.82, 2.24) is 19.9 Å². The van der Waals surface area contributed by atoms with Crippen LogP contribution < -0.4 is 21.7 Å². The number of hydrogen-bond acceptors (Lipinski definition) is 5. The number of ether oxygens (including phenoxy) is 1. The number of fused-ring (bicyclic) bond motifs is 1. The Bertz CT molecular complexity index is 1270. The standard InChI is InChI=1S/C19H14N4O4/c24-17-14-15(20-18(25)21-16(14)22-19(26)23-17)12-6-8-13(9-7-12)27-10-11-4-2-1-3-5-11/h1-9H,10H2,(H3,20,21,22,23,24,25,26). The molecule has 4 rings (SSSR count). The second-order valence-corrected chi connectivity index (χ2v) is 5.85. The zero-order chi connectivity index (χ0) is 18.8. The van der Waals surface area contributed by atoms with Gasteiger partial charge < -0.3 is 9.72 Å². The molecule has 0 amide bonds. The Labute approximate surface area is 151 Å². The summed E-state index contributed by atoms with van der Waals surface area (Å²) in [7, 11) is 0. The monoisotopic (exact) mass is 362 g/mol. The Hall–Kier alpha value is -3.94. The molecule has 134 valence electrons. The van der Waals surface area contributed by atoms with Crippen LogP contribution in [0.4, 0.5) is 0 Å². The van der Waals surface area contributed by atoms with E-state index in [9.17, 15) is 14.4 Å². The van der Waals surface area contributed by atoms with E-state index >= 15 is 0 Å². The van der Waals surface area contributed by atoms with Crippen LogP contribution in [0.1, 0.15) is 5.56 Å². The van der Waals surface area contributed by atoms with Crippen LogP contribution in [0, 0.1) is 0 Å². The number of aromatic nitrogens is 4. The first-order valence-corrected chi connectivity index (χ1v) is 8.14. The van der Waals surface area contributed by atoms with E-state index in [4.69, 9.17) is 4.74 Å². The molecule has 0 aliphatic rings. The smallest absolute Gasteiger partial charge is 0.347 e. The van der Waals surface area contributed by atoms with Crippen molar-refractivity contribution >= 4 is 11.0 Å². The highest BCUT2D eigenvalue weighted by Gasteiger charge is 2.12. The molecule has 2 aromatic carbocycles. The van der Waals surface area contributed by atoms with Crippen LogP contribution in [-0.4, -0.2) is 19.9 Å². The molecular weight excluding hydrogens is 348 g/mol. The summed E-state index contributed by atoms with van der Waals surface area (Å²) in [6.45, 7) is 0.427. The molecule has 0 aliphatic carbocycles. The fourth-order valence-corrected chi connectivity index (χ4v) is 2.76. The summed E-state index contributed by atoms with van der Waals surface area (Å²) < 4.78 is 5.73. The average molecular weight is 362 g/mol. The zero-order valence-corrected chi connectivity index (χ0v) is 14.0. The summed E-state index contributed by atoms with van der Waals surface area (Å²) in [5.74, 6) is 0.644. The van der Waals surface area contributed by atoms with Crippen molar-refractivity contribution in [2.24, 2.45) is 0 Å². The van der Waals surface area contributed by atoms with Crippen LogP contribution in [0.3, 0.4) is 0 Å². The van der Waals surface area contributed by atoms with Crippen molar-refractivity contribution < 1.29 is 4.74 Å². The van der Waals surface area contributed by atoms with Crippen molar-refractivity contribution in [3.8, 4) is 17.0 Å². The molecule has 0 bridgehead atoms. The Morgan fingerprint density at radius 3 is 2.33 bits per heavy atom. The maximum atomic E-state index is 12.2. The molecule has 0 aliphatic heterocycles. The van der Waals surface area contributed by atoms with Crippen LogP contribution in [0.5, 0.6) is 5.75 Å². The lowest BCUT2D eigenvalue weighted by atomic mass is 10.1. The molecule has 4 aromatic rings. The van der Waals surface area contributed by atoms with Gasteiger partial charge in [-0.1, -0.05) is 30.3 Å². The summed E-state index contributed by atoms with van der Waals surface area (Å²) in [6.07, 6.45) is 0. The van der Waals surface area contributed by atoms with Gasteiger partial charge in [-0.15, -0.1) is 0 Å². The van der Waals surface area contributed by atoms with Gasteiger partial charge in [0, 0.05) is 0 Å². The highest BCUT2D eigenvalue weighted by Crippen LogP contribution is 2.23. The summed E-state index contributed by atoms with van der Waals surface area (Å²) >= 11 is 0. The van der Waals surface area contributed by atoms with Crippen molar-refractivity contribution in [3.63, 3.8) is 0 Å². The summed E-state index contributed by atoms with van der Waals surface area (Å²) in [4.78, 5) is 46.1. The van der Waals surface area contributed by atoms with E-state index in [0.29, 0.717) is 17.9 Å². The summed E-state index contributed by atoms with van der Waals surface area (Å²) in [6, 6.07) is 16.7. The van der Waals surface area contributed by atoms with E-state index < -0.39 is 16.9 Å². The van der Waals surface area contributed by atoms with E-state index in [1.165, 1.54) is 0 Å². The highest BCUT2D eigenvalue weighted by molar-refractivity contribution is 5.88. The number of rotatable bonds is 4. The largest absolute Gasteiger partial charge is 0.489 e. The van der Waals surface area contributed by atoms with E-state index in [-0.39, 0.29) is 16.7 Å². The quantitative estimate of drug-likeness (QED) is 0.509. The second kappa shape index (κ2) is 6.75. The van der Waals surface area contributed by atoms with E-state index in [1.807, 2.05) is 30.3 Å². The lowest BCUT2D eigenvalue weighted by molar-refractivity contribution is 0.306. The lowest BCUT2D eigenvalue weighted by Crippen LogP contribution is -2.26. The Morgan fingerprint density at radius 1 is 0.852 bits per heavy atom. The number of nitrogens with one attached hydrogen (secondary N) is 3. The number of H-pyrrole nitrogens is 3. The molecule has 8 heteroatoms. The van der Waals surface area contributed by atoms with Gasteiger partial charge >= 0.3 is 11.4 Å². The molecule has 0 saturated heterocycles. The molecule has 0 radical (unpaired) electrons. The molecule has 27 heavy (non-hydrogen) atoms. The van der Waals surface area contributed by atoms with Crippen molar-refractivity contribution in [2.75, 3.05) is 0 Å². The minimum atomic E-state index is -0.721. The van der Waals surface area contributed by atoms with E-state index in [0.717, 1.165) is 5.56 Å². The fourth-order valence-electron chi connectivity index (χ4n) is 2.76. The first kappa shape index (κ1) is 16.5. The molecule has 0 unspecified atom stereocenters. The third kappa shape index (κ3) is 3.40. The van der Waals surface area contributed by atoms with Gasteiger partial charge in [0.15, 0.2) is 5.65 Å². The topological polar surface area (TPSA) is 121 Å². The normalized spacial score (nSPS) is 10.8. The van der Waals surface area contributed by atoms with Crippen LogP contribution in [-0.2, 0) is 6.61 Å². The highest BCUT2D eigenvalue weighted by atomic mass is 16.5. The zero-order valence-electron chi connectivity index (χ0n) is 14.0. The third-order valence-electron chi connectivity index (χ3n) is 4.01. The number of aromatic amines is 3. The van der Waals surface area contributed by atoms with E-state index in [2.05, 4.69) is 19.9 Å². The van der Waals surface area contributed by atoms with Gasteiger partial charge in [0.1, 0.15) is 17.7 Å². The van der Waals surface area contributed by atoms with Crippen molar-refractivity contribution in [2.45, 2.75) is 6.61 Å². The molecular formula is C19H14N4O4. The van der Waals surface area contributed by atoms with Crippen LogP contribution >= 0.6 is 0 Å². The van der Waals surface area contributed by atoms with E-state index in [1.54, 1.807) is 24.3 Å². The molecule has 0 spiro atoms. The minimum absolute atomic E-state index is 0.0631. The SMILES string of the molecule is O=c1nc2[nH]c(=O)[nH]c(=O)c2c(-c2ccc(OCc3ccccc3)cc2)[nH]1. The molecule has 0 fully saturated rings. The van der Waals surface area contributed by atoms with Gasteiger partial charge in [0.2, 0.25) is 0 Å². The van der Waals surface area contributed by atoms with Crippen LogP contribution in [0.2, 0.25) is 0 Å². The van der Waals surface area contributed by atoms with Gasteiger partial charge in [-0.3, -0.25) is 14.8 Å². The minimum Gasteiger partial charge on any atom is -0.489 e. The Balaban J connectivity index is 1.69. The molecule has 0 atom stereocenters.